The highest BCUT2D eigenvalue weighted by Crippen LogP contribution is 2.17. The molecule has 4 N–H and O–H groups in total. The van der Waals surface area contributed by atoms with Gasteiger partial charge in [0.1, 0.15) is 0 Å². The van der Waals surface area contributed by atoms with Gasteiger partial charge in [0.2, 0.25) is 0 Å². The summed E-state index contributed by atoms with van der Waals surface area (Å²) >= 11 is 0. The van der Waals surface area contributed by atoms with Gasteiger partial charge in [-0.2, -0.15) is 0 Å². The Balaban J connectivity index is 2.04. The van der Waals surface area contributed by atoms with Gasteiger partial charge in [0.25, 0.3) is 5.91 Å². The SMILES string of the molecule is NNc1ccc(C(=O)N2CCC(CO)C2)nn1. The van der Waals surface area contributed by atoms with E-state index in [1.807, 2.05) is 0 Å². The van der Waals surface area contributed by atoms with Gasteiger partial charge < -0.3 is 15.4 Å². The number of carbonyl (C=O) groups excluding carboxylic acids is 1. The lowest BCUT2D eigenvalue weighted by Gasteiger charge is -2.15. The van der Waals surface area contributed by atoms with Crippen molar-refractivity contribution < 1.29 is 9.90 Å². The third-order valence-corrected chi connectivity index (χ3v) is 2.86. The van der Waals surface area contributed by atoms with Gasteiger partial charge in [0, 0.05) is 25.6 Å². The van der Waals surface area contributed by atoms with Gasteiger partial charge in [0.15, 0.2) is 11.5 Å². The van der Waals surface area contributed by atoms with Crippen molar-refractivity contribution in [2.75, 3.05) is 25.1 Å². The Labute approximate surface area is 98.6 Å². The summed E-state index contributed by atoms with van der Waals surface area (Å²) in [7, 11) is 0. The Kier molecular flexibility index (Phi) is 3.50. The molecule has 1 aromatic rings. The highest BCUT2D eigenvalue weighted by Gasteiger charge is 2.27. The highest BCUT2D eigenvalue weighted by molar-refractivity contribution is 5.92. The molecule has 0 radical (unpaired) electrons. The molecule has 1 aliphatic heterocycles. The van der Waals surface area contributed by atoms with E-state index in [1.165, 1.54) is 0 Å². The van der Waals surface area contributed by atoms with Crippen LogP contribution in [0.5, 0.6) is 0 Å². The van der Waals surface area contributed by atoms with E-state index in [2.05, 4.69) is 15.6 Å². The molecule has 7 heteroatoms. The van der Waals surface area contributed by atoms with E-state index in [0.29, 0.717) is 24.6 Å². The van der Waals surface area contributed by atoms with Gasteiger partial charge in [-0.15, -0.1) is 10.2 Å². The summed E-state index contributed by atoms with van der Waals surface area (Å²) in [6.07, 6.45) is 0.831. The first-order valence-electron chi connectivity index (χ1n) is 5.45. The molecule has 2 rings (SSSR count). The first-order valence-corrected chi connectivity index (χ1v) is 5.45. The fourth-order valence-electron chi connectivity index (χ4n) is 1.85. The normalized spacial score (nSPS) is 19.4. The number of carbonyl (C=O) groups is 1. The monoisotopic (exact) mass is 237 g/mol. The van der Waals surface area contributed by atoms with E-state index in [1.54, 1.807) is 17.0 Å². The molecule has 1 fully saturated rings. The van der Waals surface area contributed by atoms with Crippen molar-refractivity contribution in [1.29, 1.82) is 0 Å². The molecule has 92 valence electrons. The Bertz CT molecular complexity index is 394. The maximum absolute atomic E-state index is 12.0. The van der Waals surface area contributed by atoms with Gasteiger partial charge in [0.05, 0.1) is 0 Å². The van der Waals surface area contributed by atoms with E-state index in [4.69, 9.17) is 10.9 Å². The first-order chi connectivity index (χ1) is 8.24. The number of rotatable bonds is 3. The quantitative estimate of drug-likeness (QED) is 0.470. The maximum atomic E-state index is 12.0. The molecule has 1 unspecified atom stereocenters. The van der Waals surface area contributed by atoms with Crippen LogP contribution < -0.4 is 11.3 Å². The molecular formula is C10H15N5O2. The Morgan fingerprint density at radius 1 is 1.59 bits per heavy atom. The average molecular weight is 237 g/mol. The smallest absolute Gasteiger partial charge is 0.274 e. The molecule has 1 amide bonds. The zero-order valence-electron chi connectivity index (χ0n) is 9.33. The van der Waals surface area contributed by atoms with Crippen molar-refractivity contribution in [3.8, 4) is 0 Å². The van der Waals surface area contributed by atoms with Crippen LogP contribution >= 0.6 is 0 Å². The molecule has 0 bridgehead atoms. The molecule has 1 atom stereocenters. The maximum Gasteiger partial charge on any atom is 0.274 e. The Hall–Kier alpha value is -1.73. The zero-order chi connectivity index (χ0) is 12.3. The lowest BCUT2D eigenvalue weighted by Crippen LogP contribution is -2.30. The van der Waals surface area contributed by atoms with Crippen LogP contribution in [0, 0.1) is 5.92 Å². The molecule has 2 heterocycles. The summed E-state index contributed by atoms with van der Waals surface area (Å²) in [4.78, 5) is 13.7. The molecule has 7 nitrogen and oxygen atoms in total. The third kappa shape index (κ3) is 2.51. The fourth-order valence-corrected chi connectivity index (χ4v) is 1.85. The number of nitrogens with two attached hydrogens (primary N) is 1. The number of likely N-dealkylation sites (tertiary alicyclic amines) is 1. The van der Waals surface area contributed by atoms with Crippen LogP contribution in [0.1, 0.15) is 16.9 Å². The number of hydrazine groups is 1. The molecule has 17 heavy (non-hydrogen) atoms. The van der Waals surface area contributed by atoms with E-state index >= 15 is 0 Å². The standard InChI is InChI=1S/C10H15N5O2/c11-12-9-2-1-8(13-14-9)10(17)15-4-3-7(5-15)6-16/h1-2,7,16H,3-6,11H2,(H,12,14). The second-order valence-corrected chi connectivity index (χ2v) is 4.04. The summed E-state index contributed by atoms with van der Waals surface area (Å²) < 4.78 is 0. The summed E-state index contributed by atoms with van der Waals surface area (Å²) in [6, 6.07) is 3.18. The van der Waals surface area contributed by atoms with Gasteiger partial charge in [-0.25, -0.2) is 5.84 Å². The number of nitrogens with one attached hydrogen (secondary N) is 1. The van der Waals surface area contributed by atoms with Crippen molar-refractivity contribution in [2.45, 2.75) is 6.42 Å². The third-order valence-electron chi connectivity index (χ3n) is 2.86. The number of hydrogen-bond acceptors (Lipinski definition) is 6. The Morgan fingerprint density at radius 2 is 2.41 bits per heavy atom. The highest BCUT2D eigenvalue weighted by atomic mass is 16.3. The van der Waals surface area contributed by atoms with Crippen LogP contribution in [-0.4, -0.2) is 45.8 Å². The fraction of sp³-hybridized carbons (Fsp3) is 0.500. The number of anilines is 1. The van der Waals surface area contributed by atoms with E-state index in [0.717, 1.165) is 6.42 Å². The molecule has 1 aliphatic rings. The number of aliphatic hydroxyl groups excluding tert-OH is 1. The number of nitrogens with zero attached hydrogens (tertiary/aromatic N) is 3. The molecule has 1 saturated heterocycles. The predicted octanol–water partition coefficient (Wildman–Crippen LogP) is -0.783. The second kappa shape index (κ2) is 5.07. The van der Waals surface area contributed by atoms with Gasteiger partial charge >= 0.3 is 0 Å². The van der Waals surface area contributed by atoms with Crippen LogP contribution in [-0.2, 0) is 0 Å². The summed E-state index contributed by atoms with van der Waals surface area (Å²) in [5, 5.41) is 16.6. The van der Waals surface area contributed by atoms with E-state index < -0.39 is 0 Å². The summed E-state index contributed by atoms with van der Waals surface area (Å²) in [6.45, 7) is 1.35. The van der Waals surface area contributed by atoms with Crippen molar-refractivity contribution in [1.82, 2.24) is 15.1 Å². The average Bonchev–Trinajstić information content (AvgIpc) is 2.87. The van der Waals surface area contributed by atoms with Crippen molar-refractivity contribution in [2.24, 2.45) is 11.8 Å². The summed E-state index contributed by atoms with van der Waals surface area (Å²) in [5.41, 5.74) is 2.64. The minimum atomic E-state index is -0.156. The lowest BCUT2D eigenvalue weighted by atomic mass is 10.1. The molecular weight excluding hydrogens is 222 g/mol. The van der Waals surface area contributed by atoms with Gasteiger partial charge in [-0.3, -0.25) is 4.79 Å². The van der Waals surface area contributed by atoms with Crippen molar-refractivity contribution in [3.63, 3.8) is 0 Å². The second-order valence-electron chi connectivity index (χ2n) is 4.04. The van der Waals surface area contributed by atoms with Crippen LogP contribution in [0.2, 0.25) is 0 Å². The minimum absolute atomic E-state index is 0.117. The van der Waals surface area contributed by atoms with Crippen LogP contribution in [0.3, 0.4) is 0 Å². The first kappa shape index (κ1) is 11.7. The molecule has 0 aromatic carbocycles. The lowest BCUT2D eigenvalue weighted by molar-refractivity contribution is 0.0775. The molecule has 1 aromatic heterocycles. The number of amides is 1. The number of hydrogen-bond donors (Lipinski definition) is 3. The van der Waals surface area contributed by atoms with Crippen molar-refractivity contribution in [3.05, 3.63) is 17.8 Å². The molecule has 0 spiro atoms. The number of aromatic nitrogens is 2. The van der Waals surface area contributed by atoms with Gasteiger partial charge in [-0.1, -0.05) is 0 Å². The van der Waals surface area contributed by atoms with E-state index in [-0.39, 0.29) is 18.4 Å². The molecule has 0 saturated carbocycles. The largest absolute Gasteiger partial charge is 0.396 e. The zero-order valence-corrected chi connectivity index (χ0v) is 9.33. The minimum Gasteiger partial charge on any atom is -0.396 e. The van der Waals surface area contributed by atoms with Crippen LogP contribution in [0.15, 0.2) is 12.1 Å². The molecule has 0 aliphatic carbocycles. The predicted molar refractivity (Wildman–Crippen MR) is 60.9 cm³/mol. The van der Waals surface area contributed by atoms with E-state index in [9.17, 15) is 4.79 Å². The number of aliphatic hydroxyl groups is 1. The van der Waals surface area contributed by atoms with Crippen LogP contribution in [0.25, 0.3) is 0 Å². The Morgan fingerprint density at radius 3 is 2.94 bits per heavy atom. The van der Waals surface area contributed by atoms with Crippen LogP contribution in [0.4, 0.5) is 5.82 Å². The topological polar surface area (TPSA) is 104 Å². The number of nitrogen functional groups attached to an aromatic ring is 1. The van der Waals surface area contributed by atoms with Crippen molar-refractivity contribution >= 4 is 11.7 Å². The summed E-state index contributed by atoms with van der Waals surface area (Å²) in [5.74, 6) is 5.59. The van der Waals surface area contributed by atoms with Gasteiger partial charge in [-0.05, 0) is 18.6 Å².